The first kappa shape index (κ1) is 79.5. The van der Waals surface area contributed by atoms with Crippen LogP contribution in [0, 0.1) is 0 Å². The Kier molecular flexibility index (Phi) is 32.6. The summed E-state index contributed by atoms with van der Waals surface area (Å²) >= 11 is 0. The van der Waals surface area contributed by atoms with Crippen molar-refractivity contribution in [2.45, 2.75) is 113 Å². The number of aromatic hydroxyl groups is 1. The van der Waals surface area contributed by atoms with E-state index in [0.29, 0.717) is 34.0 Å². The summed E-state index contributed by atoms with van der Waals surface area (Å²) in [5.41, 5.74) is 8.05. The van der Waals surface area contributed by atoms with Crippen molar-refractivity contribution in [1.82, 2.24) is 67.1 Å². The number of fused-ring (bicyclic) bond motifs is 1. The molecule has 18 N–H and O–H groups in total. The van der Waals surface area contributed by atoms with E-state index in [2.05, 4.69) is 47.5 Å². The lowest BCUT2D eigenvalue weighted by Crippen LogP contribution is -2.62. The number of aliphatic hydroxyl groups excluding tert-OH is 3. The average molecular weight is 1420 g/mol. The van der Waals surface area contributed by atoms with E-state index < -0.39 is 152 Å². The van der Waals surface area contributed by atoms with Gasteiger partial charge in [0.1, 0.15) is 48.0 Å². The molecule has 2 saturated heterocycles. The molecule has 0 radical (unpaired) electrons. The van der Waals surface area contributed by atoms with E-state index in [9.17, 15) is 74.1 Å². The highest BCUT2D eigenvalue weighted by Crippen LogP contribution is 2.25. The lowest BCUT2D eigenvalue weighted by molar-refractivity contribution is -0.140. The predicted octanol–water partition coefficient (Wildman–Crippen LogP) is -3.47. The predicted molar refractivity (Wildman–Crippen MR) is 366 cm³/mol. The van der Waals surface area contributed by atoms with E-state index in [1.165, 1.54) is 38.1 Å². The average Bonchev–Trinajstić information content (AvgIpc) is 1.76. The molecule has 542 valence electrons. The normalized spacial score (nSPS) is 22.0. The smallest absolute Gasteiger partial charge is 0.317 e. The van der Waals surface area contributed by atoms with E-state index in [4.69, 9.17) is 5.73 Å². The number of carboxylic acid groups (broad SMARTS) is 3. The number of hydrogen-bond donors (Lipinski definition) is 17. The van der Waals surface area contributed by atoms with Crippen LogP contribution in [-0.4, -0.2) is 289 Å². The second kappa shape index (κ2) is 40.6. The Hall–Kier alpha value is -8.45. The Bertz CT molecular complexity index is 3320. The molecule has 10 atom stereocenters. The second-order valence-corrected chi connectivity index (χ2v) is 27.0. The molecular formula is C65H92N14O18S2. The van der Waals surface area contributed by atoms with Gasteiger partial charge in [0.15, 0.2) is 0 Å². The van der Waals surface area contributed by atoms with E-state index in [1.807, 2.05) is 0 Å². The summed E-state index contributed by atoms with van der Waals surface area (Å²) in [6.45, 7) is 1.08. The van der Waals surface area contributed by atoms with Gasteiger partial charge >= 0.3 is 17.9 Å². The standard InChI is InChI=1S/C65H92N14O18S2/c1-39(81)51(36-80)72-64(96)53-38-99-98-37-52(73-60(92)48(28-41-10-4-3-5-11-41)68-54(84)32-76-20-22-77(33-55(85)86)24-26-79(35-57(89)90)27-25-78(23-21-76)34-56(87)88)63(95)70-49(29-42-15-17-44(83)18-16-42)61(93)71-50(30-43-31-67-46-13-7-6-12-45(43)46)62(94)69-47(14-8-9-19-66)59(91)75-58(40(2)82)65(97)74-53/h3-7,10-13,15-18,31,39-40,47-53,58,67,80-83H,8-9,14,19-30,32-38,66H2,1-2H3,(H,68,84)(H,69,94)(H,70,95)(H,71,93)(H,72,96)(H,73,92)(H,74,97)(H,75,91)(H,85,86)(H,87,88)(H,89,90)/t39?,40-,47+,48-,49+,50-,51+,52+,53+,58+/m1/s1. The second-order valence-electron chi connectivity index (χ2n) is 24.5. The number of amides is 8. The molecule has 3 heterocycles. The molecule has 4 aromatic rings. The SMILES string of the molecule is CC(O)[C@H](CO)NC(=O)[C@@H]1CSSC[C@H](NC(=O)[C@@H](Cc2ccccc2)NC(=O)CN2CCN(CC(=O)O)CCN(CC(=O)O)CCN(CC(=O)O)CC2)C(=O)N[C@@H](Cc2ccc(O)cc2)C(=O)N[C@H](Cc2c[nH]c3ccccc23)C(=O)N[C@@H](CCCCN)C(=O)N[C@@H]([C@@H](C)O)C(=O)N1. The number of aliphatic carboxylic acids is 3. The Morgan fingerprint density at radius 3 is 1.68 bits per heavy atom. The summed E-state index contributed by atoms with van der Waals surface area (Å²) in [6.07, 6.45) is -1.31. The van der Waals surface area contributed by atoms with Crippen molar-refractivity contribution in [2.75, 3.05) is 103 Å². The van der Waals surface area contributed by atoms with Gasteiger partial charge in [0.25, 0.3) is 0 Å². The van der Waals surface area contributed by atoms with Crippen LogP contribution in [0.2, 0.25) is 0 Å². The molecule has 0 aliphatic carbocycles. The highest BCUT2D eigenvalue weighted by atomic mass is 33.1. The Balaban J connectivity index is 1.40. The maximum Gasteiger partial charge on any atom is 0.317 e. The van der Waals surface area contributed by atoms with Crippen LogP contribution in [0.5, 0.6) is 5.75 Å². The number of phenols is 1. The molecule has 32 nitrogen and oxygen atoms in total. The molecule has 0 saturated carbocycles. The minimum atomic E-state index is -1.77. The van der Waals surface area contributed by atoms with Gasteiger partial charge in [0.2, 0.25) is 47.3 Å². The van der Waals surface area contributed by atoms with Gasteiger partial charge in [-0.25, -0.2) is 0 Å². The zero-order valence-corrected chi connectivity index (χ0v) is 56.8. The van der Waals surface area contributed by atoms with Gasteiger partial charge in [-0.15, -0.1) is 0 Å². The van der Waals surface area contributed by atoms with E-state index in [1.54, 1.807) is 80.4 Å². The topological polar surface area (TPSA) is 480 Å². The van der Waals surface area contributed by atoms with Crippen LogP contribution in [0.3, 0.4) is 0 Å². The van der Waals surface area contributed by atoms with Gasteiger partial charge in [0, 0.05) is 100 Å². The summed E-state index contributed by atoms with van der Waals surface area (Å²) in [4.78, 5) is 163. The molecule has 0 bridgehead atoms. The fraction of sp³-hybridized carbons (Fsp3) is 0.523. The number of nitrogens with one attached hydrogen (secondary N) is 9. The third kappa shape index (κ3) is 27.0. The molecule has 34 heteroatoms. The van der Waals surface area contributed by atoms with Crippen LogP contribution in [0.25, 0.3) is 10.9 Å². The summed E-state index contributed by atoms with van der Waals surface area (Å²) in [5.74, 6) is -11.6. The Morgan fingerprint density at radius 1 is 0.596 bits per heavy atom. The quantitative estimate of drug-likeness (QED) is 0.0215. The number of benzene rings is 3. The van der Waals surface area contributed by atoms with Crippen molar-refractivity contribution >= 4 is 97.7 Å². The number of carbonyl (C=O) groups excluding carboxylic acids is 8. The van der Waals surface area contributed by atoms with Crippen molar-refractivity contribution in [1.29, 1.82) is 0 Å². The van der Waals surface area contributed by atoms with E-state index in [-0.39, 0.29) is 115 Å². The third-order valence-electron chi connectivity index (χ3n) is 16.6. The lowest BCUT2D eigenvalue weighted by Gasteiger charge is -2.33. The van der Waals surface area contributed by atoms with Crippen LogP contribution in [0.1, 0.15) is 49.8 Å². The zero-order chi connectivity index (χ0) is 72.1. The minimum absolute atomic E-state index is 0.0540. The summed E-state index contributed by atoms with van der Waals surface area (Å²) in [7, 11) is 1.81. The summed E-state index contributed by atoms with van der Waals surface area (Å²) in [6, 6.07) is 9.21. The van der Waals surface area contributed by atoms with Crippen molar-refractivity contribution in [2.24, 2.45) is 5.73 Å². The monoisotopic (exact) mass is 1420 g/mol. The maximum absolute atomic E-state index is 15.3. The lowest BCUT2D eigenvalue weighted by atomic mass is 10.0. The molecule has 99 heavy (non-hydrogen) atoms. The van der Waals surface area contributed by atoms with Gasteiger partial charge < -0.3 is 89.0 Å². The largest absolute Gasteiger partial charge is 0.508 e. The first-order chi connectivity index (χ1) is 47.3. The number of nitrogens with zero attached hydrogens (tertiary/aromatic N) is 4. The van der Waals surface area contributed by atoms with Crippen molar-refractivity contribution < 1.29 is 88.5 Å². The maximum atomic E-state index is 15.3. The number of hydrogen-bond acceptors (Lipinski definition) is 22. The van der Waals surface area contributed by atoms with E-state index >= 15 is 14.4 Å². The van der Waals surface area contributed by atoms with Crippen molar-refractivity contribution in [3.05, 3.63) is 102 Å². The van der Waals surface area contributed by atoms with Gasteiger partial charge in [-0.2, -0.15) is 0 Å². The Morgan fingerprint density at radius 2 is 1.12 bits per heavy atom. The third-order valence-corrected chi connectivity index (χ3v) is 19.0. The summed E-state index contributed by atoms with van der Waals surface area (Å²) < 4.78 is 0. The van der Waals surface area contributed by atoms with Crippen LogP contribution in [0.15, 0.2) is 85.1 Å². The molecule has 2 aliphatic heterocycles. The zero-order valence-electron chi connectivity index (χ0n) is 55.2. The number of nitrogens with two attached hydrogens (primary N) is 1. The number of rotatable bonds is 26. The molecule has 2 fully saturated rings. The highest BCUT2D eigenvalue weighted by molar-refractivity contribution is 8.76. The van der Waals surface area contributed by atoms with Crippen molar-refractivity contribution in [3.63, 3.8) is 0 Å². The van der Waals surface area contributed by atoms with Gasteiger partial charge in [-0.1, -0.05) is 82.3 Å². The molecule has 6 rings (SSSR count). The molecular weight excluding hydrogens is 1330 g/mol. The van der Waals surface area contributed by atoms with Gasteiger partial charge in [-0.3, -0.25) is 72.3 Å². The number of phenolic OH excluding ortho intramolecular Hbond substituents is 1. The van der Waals surface area contributed by atoms with Gasteiger partial charge in [0.05, 0.1) is 51.0 Å². The molecule has 0 spiro atoms. The number of unbranched alkanes of at least 4 members (excludes halogenated alkanes) is 1. The molecule has 8 amide bonds. The summed E-state index contributed by atoms with van der Waals surface area (Å²) in [5, 5.41) is 93.2. The molecule has 2 aliphatic rings. The van der Waals surface area contributed by atoms with E-state index in [0.717, 1.165) is 21.6 Å². The minimum Gasteiger partial charge on any atom is -0.508 e. The number of aromatic nitrogens is 1. The molecule has 1 aromatic heterocycles. The van der Waals surface area contributed by atoms with Gasteiger partial charge in [-0.05, 0) is 74.5 Å². The van der Waals surface area contributed by atoms with Crippen LogP contribution in [-0.2, 0) is 72.0 Å². The fourth-order valence-corrected chi connectivity index (χ4v) is 13.4. The van der Waals surface area contributed by atoms with Crippen molar-refractivity contribution in [3.8, 4) is 5.75 Å². The number of H-pyrrole nitrogens is 1. The molecule has 1 unspecified atom stereocenters. The Labute approximate surface area is 580 Å². The number of carboxylic acids is 3. The van der Waals surface area contributed by atoms with Crippen LogP contribution >= 0.6 is 21.6 Å². The number of para-hydroxylation sites is 1. The number of carbonyl (C=O) groups is 11. The number of aromatic amines is 1. The highest BCUT2D eigenvalue weighted by Gasteiger charge is 2.37. The first-order valence-corrected chi connectivity index (χ1v) is 35.0. The fourth-order valence-electron chi connectivity index (χ4n) is 11.1. The van der Waals surface area contributed by atoms with Crippen LogP contribution < -0.4 is 48.3 Å². The molecule has 3 aromatic carbocycles. The first-order valence-electron chi connectivity index (χ1n) is 32.5. The number of aliphatic hydroxyl groups is 3. The van der Waals surface area contributed by atoms with Crippen LogP contribution in [0.4, 0.5) is 0 Å².